The zero-order valence-corrected chi connectivity index (χ0v) is 6.27. The minimum atomic E-state index is 1.07. The van der Waals surface area contributed by atoms with Gasteiger partial charge in [-0.05, 0) is 30.6 Å². The van der Waals surface area contributed by atoms with Gasteiger partial charge in [0.05, 0.1) is 0 Å². The highest BCUT2D eigenvalue weighted by Gasteiger charge is 2.32. The Labute approximate surface area is 57.6 Å². The maximum absolute atomic E-state index is 2.41. The molecular weight excluding hydrogens is 108 g/mol. The molecule has 0 aromatic carbocycles. The van der Waals surface area contributed by atoms with Crippen LogP contribution in [0.5, 0.6) is 0 Å². The maximum Gasteiger partial charge on any atom is -0.0386 e. The molecule has 0 heterocycles. The molecule has 2 unspecified atom stereocenters. The van der Waals surface area contributed by atoms with Crippen molar-refractivity contribution < 1.29 is 0 Å². The van der Waals surface area contributed by atoms with Crippen molar-refractivity contribution in [3.8, 4) is 0 Å². The van der Waals surface area contributed by atoms with E-state index in [0.717, 1.165) is 17.8 Å². The fourth-order valence-electron chi connectivity index (χ4n) is 1.87. The van der Waals surface area contributed by atoms with Crippen LogP contribution < -0.4 is 0 Å². The summed E-state index contributed by atoms with van der Waals surface area (Å²) in [5.74, 6) is 3.38. The zero-order chi connectivity index (χ0) is 6.27. The van der Waals surface area contributed by atoms with E-state index in [-0.39, 0.29) is 0 Å². The van der Waals surface area contributed by atoms with Gasteiger partial charge in [0.15, 0.2) is 0 Å². The average molecular weight is 124 g/mol. The van der Waals surface area contributed by atoms with Gasteiger partial charge in [-0.1, -0.05) is 26.2 Å². The second kappa shape index (κ2) is 2.00. The molecule has 0 bridgehead atoms. The van der Waals surface area contributed by atoms with Crippen molar-refractivity contribution in [2.75, 3.05) is 0 Å². The molecule has 0 radical (unpaired) electrons. The Balaban J connectivity index is 1.72. The van der Waals surface area contributed by atoms with Crippen LogP contribution in [0.2, 0.25) is 0 Å². The highest BCUT2D eigenvalue weighted by molar-refractivity contribution is 4.84. The normalized spacial score (nSPS) is 42.3. The minimum absolute atomic E-state index is 1.07. The molecule has 2 rings (SSSR count). The second-order valence-electron chi connectivity index (χ2n) is 3.99. The van der Waals surface area contributed by atoms with Crippen LogP contribution in [0.3, 0.4) is 0 Å². The molecule has 0 N–H and O–H groups in total. The molecule has 2 saturated carbocycles. The van der Waals surface area contributed by atoms with Crippen molar-refractivity contribution in [1.29, 1.82) is 0 Å². The standard InChI is InChI=1S/C9H16/c1-7-2-5-9(7)6-8-3-4-8/h7-9H,2-6H2,1H3. The van der Waals surface area contributed by atoms with E-state index in [4.69, 9.17) is 0 Å². The van der Waals surface area contributed by atoms with E-state index in [0.29, 0.717) is 0 Å². The van der Waals surface area contributed by atoms with Gasteiger partial charge >= 0.3 is 0 Å². The summed E-state index contributed by atoms with van der Waals surface area (Å²) in [5.41, 5.74) is 0. The van der Waals surface area contributed by atoms with Gasteiger partial charge < -0.3 is 0 Å². The maximum atomic E-state index is 2.41. The summed E-state index contributed by atoms with van der Waals surface area (Å²) in [6.45, 7) is 2.41. The Bertz CT molecular complexity index is 103. The van der Waals surface area contributed by atoms with Gasteiger partial charge in [-0.3, -0.25) is 0 Å². The number of rotatable bonds is 2. The van der Waals surface area contributed by atoms with E-state index in [1.807, 2.05) is 0 Å². The van der Waals surface area contributed by atoms with Gasteiger partial charge in [0.25, 0.3) is 0 Å². The van der Waals surface area contributed by atoms with Crippen LogP contribution in [0.4, 0.5) is 0 Å². The Morgan fingerprint density at radius 3 is 2.22 bits per heavy atom. The first-order chi connectivity index (χ1) is 4.36. The van der Waals surface area contributed by atoms with E-state index in [1.165, 1.54) is 12.8 Å². The quantitative estimate of drug-likeness (QED) is 0.531. The molecule has 0 aliphatic heterocycles. The van der Waals surface area contributed by atoms with E-state index in [9.17, 15) is 0 Å². The molecule has 0 aromatic rings. The molecule has 0 nitrogen and oxygen atoms in total. The second-order valence-corrected chi connectivity index (χ2v) is 3.99. The van der Waals surface area contributed by atoms with Gasteiger partial charge in [-0.15, -0.1) is 0 Å². The predicted molar refractivity (Wildman–Crippen MR) is 39.2 cm³/mol. The van der Waals surface area contributed by atoms with Gasteiger partial charge in [0.2, 0.25) is 0 Å². The molecule has 0 saturated heterocycles. The van der Waals surface area contributed by atoms with Crippen molar-refractivity contribution >= 4 is 0 Å². The molecule has 0 aromatic heterocycles. The summed E-state index contributed by atoms with van der Waals surface area (Å²) in [6.07, 6.45) is 7.71. The molecule has 0 heteroatoms. The lowest BCUT2D eigenvalue weighted by Gasteiger charge is -2.33. The first-order valence-electron chi connectivity index (χ1n) is 4.36. The Morgan fingerprint density at radius 1 is 1.11 bits per heavy atom. The first kappa shape index (κ1) is 5.76. The fraction of sp³-hybridized carbons (Fsp3) is 1.00. The van der Waals surface area contributed by atoms with E-state index in [1.54, 1.807) is 19.3 Å². The van der Waals surface area contributed by atoms with Crippen LogP contribution in [0.15, 0.2) is 0 Å². The molecule has 0 spiro atoms. The molecule has 2 aliphatic rings. The predicted octanol–water partition coefficient (Wildman–Crippen LogP) is 2.83. The fourth-order valence-corrected chi connectivity index (χ4v) is 1.87. The van der Waals surface area contributed by atoms with E-state index < -0.39 is 0 Å². The van der Waals surface area contributed by atoms with Crippen molar-refractivity contribution in [3.05, 3.63) is 0 Å². The van der Waals surface area contributed by atoms with Crippen LogP contribution in [0.25, 0.3) is 0 Å². The van der Waals surface area contributed by atoms with Crippen LogP contribution >= 0.6 is 0 Å². The molecular formula is C9H16. The van der Waals surface area contributed by atoms with Crippen LogP contribution in [0.1, 0.15) is 39.0 Å². The molecule has 0 amide bonds. The van der Waals surface area contributed by atoms with E-state index in [2.05, 4.69) is 6.92 Å². The molecule has 52 valence electrons. The first-order valence-corrected chi connectivity index (χ1v) is 4.36. The smallest absolute Gasteiger partial charge is 0.0386 e. The van der Waals surface area contributed by atoms with Gasteiger partial charge in [0, 0.05) is 0 Å². The zero-order valence-electron chi connectivity index (χ0n) is 6.27. The van der Waals surface area contributed by atoms with Crippen molar-refractivity contribution in [3.63, 3.8) is 0 Å². The lowest BCUT2D eigenvalue weighted by molar-refractivity contribution is 0.175. The third-order valence-corrected chi connectivity index (χ3v) is 3.13. The summed E-state index contributed by atoms with van der Waals surface area (Å²) in [5, 5.41) is 0. The lowest BCUT2D eigenvalue weighted by Crippen LogP contribution is -2.23. The average Bonchev–Trinajstić information content (AvgIpc) is 2.62. The SMILES string of the molecule is CC1CCC1CC1CC1. The van der Waals surface area contributed by atoms with Gasteiger partial charge in [0.1, 0.15) is 0 Å². The van der Waals surface area contributed by atoms with Crippen molar-refractivity contribution in [2.45, 2.75) is 39.0 Å². The number of hydrogen-bond acceptors (Lipinski definition) is 0. The highest BCUT2D eigenvalue weighted by atomic mass is 14.4. The summed E-state index contributed by atoms with van der Waals surface area (Å²) in [7, 11) is 0. The van der Waals surface area contributed by atoms with Gasteiger partial charge in [-0.25, -0.2) is 0 Å². The molecule has 2 atom stereocenters. The summed E-state index contributed by atoms with van der Waals surface area (Å²) in [6, 6.07) is 0. The summed E-state index contributed by atoms with van der Waals surface area (Å²) >= 11 is 0. The Morgan fingerprint density at radius 2 is 1.89 bits per heavy atom. The molecule has 9 heavy (non-hydrogen) atoms. The summed E-state index contributed by atoms with van der Waals surface area (Å²) < 4.78 is 0. The lowest BCUT2D eigenvalue weighted by atomic mass is 9.72. The van der Waals surface area contributed by atoms with E-state index >= 15 is 0 Å². The number of hydrogen-bond donors (Lipinski definition) is 0. The topological polar surface area (TPSA) is 0 Å². The van der Waals surface area contributed by atoms with Crippen LogP contribution in [-0.4, -0.2) is 0 Å². The highest BCUT2D eigenvalue weighted by Crippen LogP contribution is 2.44. The third kappa shape index (κ3) is 1.12. The third-order valence-electron chi connectivity index (χ3n) is 3.13. The van der Waals surface area contributed by atoms with Gasteiger partial charge in [-0.2, -0.15) is 0 Å². The van der Waals surface area contributed by atoms with Crippen molar-refractivity contribution in [2.24, 2.45) is 17.8 Å². The summed E-state index contributed by atoms with van der Waals surface area (Å²) in [4.78, 5) is 0. The van der Waals surface area contributed by atoms with Crippen LogP contribution in [-0.2, 0) is 0 Å². The molecule has 2 fully saturated rings. The van der Waals surface area contributed by atoms with Crippen molar-refractivity contribution in [1.82, 2.24) is 0 Å². The van der Waals surface area contributed by atoms with Crippen LogP contribution in [0, 0.1) is 17.8 Å². The Hall–Kier alpha value is 0. The Kier molecular flexibility index (Phi) is 1.28. The molecule has 2 aliphatic carbocycles. The monoisotopic (exact) mass is 124 g/mol. The largest absolute Gasteiger partial charge is 0.0622 e. The minimum Gasteiger partial charge on any atom is -0.0622 e.